The zero-order chi connectivity index (χ0) is 15.9. The lowest BCUT2D eigenvalue weighted by atomic mass is 9.63. The second kappa shape index (κ2) is 5.29. The third-order valence-electron chi connectivity index (χ3n) is 4.20. The van der Waals surface area contributed by atoms with Gasteiger partial charge in [0.2, 0.25) is 0 Å². The molecule has 1 amide bonds. The van der Waals surface area contributed by atoms with Crippen molar-refractivity contribution < 1.29 is 14.3 Å². The third-order valence-corrected chi connectivity index (χ3v) is 4.46. The fraction of sp³-hybridized carbons (Fsp3) is 0.294. The SMILES string of the molecule is CC(C)C1=CC=CC2NC(=O)OC(=O)C12c1ccc(Cl)cc1. The van der Waals surface area contributed by atoms with Gasteiger partial charge in [-0.1, -0.05) is 55.8 Å². The Kier molecular flexibility index (Phi) is 3.57. The van der Waals surface area contributed by atoms with Gasteiger partial charge in [0.25, 0.3) is 0 Å². The summed E-state index contributed by atoms with van der Waals surface area (Å²) >= 11 is 5.97. The van der Waals surface area contributed by atoms with Gasteiger partial charge in [0.15, 0.2) is 0 Å². The first-order valence-electron chi connectivity index (χ1n) is 7.14. The zero-order valence-corrected chi connectivity index (χ0v) is 13.1. The molecule has 1 aromatic rings. The van der Waals surface area contributed by atoms with E-state index in [0.29, 0.717) is 5.02 Å². The molecule has 1 aliphatic heterocycles. The minimum absolute atomic E-state index is 0.116. The molecule has 0 bridgehead atoms. The summed E-state index contributed by atoms with van der Waals surface area (Å²) in [4.78, 5) is 24.4. The summed E-state index contributed by atoms with van der Waals surface area (Å²) in [5.41, 5.74) is 0.630. The molecule has 2 aliphatic rings. The normalized spacial score (nSPS) is 27.1. The van der Waals surface area contributed by atoms with Crippen molar-refractivity contribution >= 4 is 23.7 Å². The average Bonchev–Trinajstić information content (AvgIpc) is 2.47. The fourth-order valence-electron chi connectivity index (χ4n) is 3.27. The van der Waals surface area contributed by atoms with Crippen LogP contribution in [0.15, 0.2) is 48.1 Å². The van der Waals surface area contributed by atoms with Gasteiger partial charge in [-0.05, 0) is 29.2 Å². The summed E-state index contributed by atoms with van der Waals surface area (Å²) in [5.74, 6) is -0.432. The second-order valence-corrected chi connectivity index (χ2v) is 6.21. The Hall–Kier alpha value is -2.07. The van der Waals surface area contributed by atoms with Gasteiger partial charge in [0.1, 0.15) is 5.41 Å². The number of amides is 1. The Morgan fingerprint density at radius 3 is 2.55 bits per heavy atom. The number of cyclic esters (lactones) is 2. The van der Waals surface area contributed by atoms with E-state index in [0.717, 1.165) is 11.1 Å². The number of alkyl carbamates (subject to hydrolysis) is 1. The van der Waals surface area contributed by atoms with Gasteiger partial charge >= 0.3 is 12.1 Å². The maximum atomic E-state index is 12.8. The van der Waals surface area contributed by atoms with Crippen molar-refractivity contribution in [3.8, 4) is 0 Å². The standard InChI is InChI=1S/C17H16ClNO3/c1-10(2)13-4-3-5-14-17(13,15(20)22-16(21)19-14)11-6-8-12(18)9-7-11/h3-10,14H,1-2H3,(H,19,21). The highest BCUT2D eigenvalue weighted by Crippen LogP contribution is 2.45. The highest BCUT2D eigenvalue weighted by Gasteiger charge is 2.56. The molecule has 5 heteroatoms. The van der Waals surface area contributed by atoms with E-state index in [-0.39, 0.29) is 5.92 Å². The topological polar surface area (TPSA) is 55.4 Å². The third kappa shape index (κ3) is 2.06. The van der Waals surface area contributed by atoms with Gasteiger partial charge in [-0.2, -0.15) is 0 Å². The van der Waals surface area contributed by atoms with Crippen molar-refractivity contribution in [2.75, 3.05) is 0 Å². The lowest BCUT2D eigenvalue weighted by Gasteiger charge is -2.45. The van der Waals surface area contributed by atoms with Crippen LogP contribution in [0.25, 0.3) is 0 Å². The van der Waals surface area contributed by atoms with Crippen molar-refractivity contribution in [3.63, 3.8) is 0 Å². The van der Waals surface area contributed by atoms with E-state index in [9.17, 15) is 9.59 Å². The van der Waals surface area contributed by atoms with Crippen LogP contribution in [-0.4, -0.2) is 18.1 Å². The number of rotatable bonds is 2. The number of hydrogen-bond acceptors (Lipinski definition) is 3. The van der Waals surface area contributed by atoms with Gasteiger partial charge in [-0.3, -0.25) is 4.79 Å². The first kappa shape index (κ1) is 14.9. The smallest absolute Gasteiger partial charge is 0.375 e. The predicted octanol–water partition coefficient (Wildman–Crippen LogP) is 3.37. The van der Waals surface area contributed by atoms with E-state index in [1.165, 1.54) is 0 Å². The largest absolute Gasteiger partial charge is 0.415 e. The molecule has 4 nitrogen and oxygen atoms in total. The quantitative estimate of drug-likeness (QED) is 0.672. The number of allylic oxidation sites excluding steroid dienone is 2. The van der Waals surface area contributed by atoms with Gasteiger partial charge < -0.3 is 10.1 Å². The molecule has 1 aliphatic carbocycles. The summed E-state index contributed by atoms with van der Waals surface area (Å²) in [6, 6.07) is 6.63. The Morgan fingerprint density at radius 2 is 1.91 bits per heavy atom. The highest BCUT2D eigenvalue weighted by molar-refractivity contribution is 6.30. The molecular formula is C17H16ClNO3. The molecule has 2 atom stereocenters. The summed E-state index contributed by atoms with van der Waals surface area (Å²) in [7, 11) is 0. The first-order valence-corrected chi connectivity index (χ1v) is 7.51. The van der Waals surface area contributed by atoms with Crippen LogP contribution in [0.1, 0.15) is 19.4 Å². The Balaban J connectivity index is 2.24. The molecule has 3 rings (SSSR count). The van der Waals surface area contributed by atoms with Crippen molar-refractivity contribution in [1.82, 2.24) is 5.32 Å². The van der Waals surface area contributed by atoms with Crippen molar-refractivity contribution in [2.45, 2.75) is 25.3 Å². The average molecular weight is 318 g/mol. The van der Waals surface area contributed by atoms with Crippen molar-refractivity contribution in [2.24, 2.45) is 5.92 Å². The van der Waals surface area contributed by atoms with Crippen LogP contribution in [0, 0.1) is 5.92 Å². The van der Waals surface area contributed by atoms with Crippen LogP contribution >= 0.6 is 11.6 Å². The molecule has 2 unspecified atom stereocenters. The van der Waals surface area contributed by atoms with Crippen LogP contribution in [-0.2, 0) is 14.9 Å². The number of nitrogens with one attached hydrogen (secondary N) is 1. The molecular weight excluding hydrogens is 302 g/mol. The Morgan fingerprint density at radius 1 is 1.23 bits per heavy atom. The molecule has 114 valence electrons. The van der Waals surface area contributed by atoms with Crippen LogP contribution in [0.5, 0.6) is 0 Å². The van der Waals surface area contributed by atoms with Gasteiger partial charge in [-0.15, -0.1) is 0 Å². The first-order chi connectivity index (χ1) is 10.5. The molecule has 1 saturated heterocycles. The number of benzene rings is 1. The monoisotopic (exact) mass is 317 g/mol. The van der Waals surface area contributed by atoms with Crippen LogP contribution in [0.3, 0.4) is 0 Å². The van der Waals surface area contributed by atoms with E-state index in [1.807, 2.05) is 44.2 Å². The van der Waals surface area contributed by atoms with E-state index >= 15 is 0 Å². The lowest BCUT2D eigenvalue weighted by molar-refractivity contribution is -0.146. The van der Waals surface area contributed by atoms with Crippen LogP contribution < -0.4 is 5.32 Å². The number of ether oxygens (including phenoxy) is 1. The van der Waals surface area contributed by atoms with Gasteiger partial charge in [-0.25, -0.2) is 4.79 Å². The Labute approximate surface area is 133 Å². The van der Waals surface area contributed by atoms with E-state index in [1.54, 1.807) is 12.1 Å². The maximum Gasteiger partial charge on any atom is 0.415 e. The van der Waals surface area contributed by atoms with E-state index in [4.69, 9.17) is 16.3 Å². The predicted molar refractivity (Wildman–Crippen MR) is 83.6 cm³/mol. The number of fused-ring (bicyclic) bond motifs is 1. The zero-order valence-electron chi connectivity index (χ0n) is 12.3. The summed E-state index contributed by atoms with van der Waals surface area (Å²) in [6.45, 7) is 4.03. The number of halogens is 1. The van der Waals surface area contributed by atoms with Crippen molar-refractivity contribution in [3.05, 3.63) is 58.7 Å². The minimum atomic E-state index is -1.04. The maximum absolute atomic E-state index is 12.8. The summed E-state index contributed by atoms with van der Waals surface area (Å²) in [5, 5.41) is 3.33. The highest BCUT2D eigenvalue weighted by atomic mass is 35.5. The summed E-state index contributed by atoms with van der Waals surface area (Å²) in [6.07, 6.45) is 4.90. The summed E-state index contributed by atoms with van der Waals surface area (Å²) < 4.78 is 4.93. The molecule has 0 radical (unpaired) electrons. The Bertz CT molecular complexity index is 690. The van der Waals surface area contributed by atoms with Gasteiger partial charge in [0, 0.05) is 5.02 Å². The molecule has 0 spiro atoms. The lowest BCUT2D eigenvalue weighted by Crippen LogP contribution is -2.62. The van der Waals surface area contributed by atoms with Crippen LogP contribution in [0.2, 0.25) is 5.02 Å². The van der Waals surface area contributed by atoms with Crippen molar-refractivity contribution in [1.29, 1.82) is 0 Å². The van der Waals surface area contributed by atoms with Gasteiger partial charge in [0.05, 0.1) is 6.04 Å². The second-order valence-electron chi connectivity index (χ2n) is 5.78. The minimum Gasteiger partial charge on any atom is -0.375 e. The molecule has 0 saturated carbocycles. The molecule has 1 aromatic carbocycles. The molecule has 1 fully saturated rings. The number of carbonyl (C=O) groups is 2. The molecule has 1 N–H and O–H groups in total. The number of esters is 1. The molecule has 0 aromatic heterocycles. The fourth-order valence-corrected chi connectivity index (χ4v) is 3.40. The van der Waals surface area contributed by atoms with E-state index < -0.39 is 23.5 Å². The van der Waals surface area contributed by atoms with E-state index in [2.05, 4.69) is 5.32 Å². The molecule has 1 heterocycles. The number of hydrogen-bond donors (Lipinski definition) is 1. The van der Waals surface area contributed by atoms with Crippen LogP contribution in [0.4, 0.5) is 4.79 Å². The molecule has 22 heavy (non-hydrogen) atoms. The number of carbonyl (C=O) groups excluding carboxylic acids is 2.